The molecule has 0 spiro atoms. The quantitative estimate of drug-likeness (QED) is 0.310. The molecule has 1 heterocycles. The molecule has 1 aliphatic carbocycles. The monoisotopic (exact) mass is 423 g/mol. The van der Waals surface area contributed by atoms with Gasteiger partial charge in [0.05, 0.1) is 29.3 Å². The summed E-state index contributed by atoms with van der Waals surface area (Å²) in [6, 6.07) is 7.96. The maximum atomic E-state index is 13.2. The minimum atomic E-state index is -0.106. The molecule has 0 atom stereocenters. The number of allylic oxidation sites excluding steroid dienone is 4. The van der Waals surface area contributed by atoms with E-state index in [9.17, 15) is 4.79 Å². The number of rotatable bonds is 8. The van der Waals surface area contributed by atoms with Crippen LogP contribution in [0.3, 0.4) is 0 Å². The number of nitrogens with zero attached hydrogens (tertiary/aromatic N) is 1. The normalized spacial score (nSPS) is 11.7. The van der Waals surface area contributed by atoms with Crippen LogP contribution in [0.5, 0.6) is 11.5 Å². The van der Waals surface area contributed by atoms with Crippen molar-refractivity contribution in [1.29, 1.82) is 0 Å². The molecule has 0 amide bonds. The van der Waals surface area contributed by atoms with Crippen molar-refractivity contribution in [2.45, 2.75) is 46.5 Å². The molecule has 0 unspecified atom stereocenters. The highest BCUT2D eigenvalue weighted by atomic mass is 32.1. The van der Waals surface area contributed by atoms with Gasteiger partial charge in [0.2, 0.25) is 11.2 Å². The predicted molar refractivity (Wildman–Crippen MR) is 126 cm³/mol. The maximum absolute atomic E-state index is 13.2. The van der Waals surface area contributed by atoms with E-state index in [1.54, 1.807) is 18.4 Å². The van der Waals surface area contributed by atoms with Crippen LogP contribution >= 0.6 is 11.3 Å². The third-order valence-electron chi connectivity index (χ3n) is 5.09. The van der Waals surface area contributed by atoms with Gasteiger partial charge in [0, 0.05) is 5.56 Å². The lowest BCUT2D eigenvalue weighted by Gasteiger charge is -2.17. The number of benzene rings is 2. The van der Waals surface area contributed by atoms with Crippen LogP contribution in [0.1, 0.15) is 45.6 Å². The van der Waals surface area contributed by atoms with Crippen LogP contribution < -0.4 is 14.9 Å². The molecule has 2 aliphatic rings. The van der Waals surface area contributed by atoms with E-state index in [0.717, 1.165) is 39.9 Å². The Labute approximate surface area is 182 Å². The molecular weight excluding hydrogens is 394 g/mol. The fourth-order valence-electron chi connectivity index (χ4n) is 3.53. The van der Waals surface area contributed by atoms with E-state index in [2.05, 4.69) is 32.9 Å². The molecule has 1 aromatic rings. The van der Waals surface area contributed by atoms with Gasteiger partial charge in [-0.1, -0.05) is 35.4 Å². The first-order valence-electron chi connectivity index (χ1n) is 10.2. The Morgan fingerprint density at radius 1 is 1.03 bits per heavy atom. The molecule has 0 saturated heterocycles. The summed E-state index contributed by atoms with van der Waals surface area (Å²) in [5.74, 6) is 0.649. The summed E-state index contributed by atoms with van der Waals surface area (Å²) in [4.78, 5) is 18.9. The zero-order valence-electron chi connectivity index (χ0n) is 18.4. The van der Waals surface area contributed by atoms with Gasteiger partial charge in [-0.2, -0.15) is 0 Å². The van der Waals surface area contributed by atoms with Crippen LogP contribution in [0.4, 0.5) is 0 Å². The highest BCUT2D eigenvalue weighted by molar-refractivity contribution is 7.21. The number of hydrogen-bond donors (Lipinski definition) is 0. The van der Waals surface area contributed by atoms with E-state index in [1.165, 1.54) is 18.3 Å². The lowest BCUT2D eigenvalue weighted by atomic mass is 10.0. The number of para-hydroxylation sites is 1. The fourth-order valence-corrected chi connectivity index (χ4v) is 4.67. The molecule has 1 aliphatic heterocycles. The number of ether oxygens (including phenoxy) is 2. The number of hydrogen-bond acceptors (Lipinski definition) is 5. The smallest absolute Gasteiger partial charge is 0.229 e. The van der Waals surface area contributed by atoms with E-state index in [-0.39, 0.29) is 11.2 Å². The van der Waals surface area contributed by atoms with Crippen molar-refractivity contribution in [1.82, 2.24) is 4.98 Å². The number of methoxy groups -OCH3 is 2. The third kappa shape index (κ3) is 4.73. The van der Waals surface area contributed by atoms with E-state index in [0.29, 0.717) is 17.9 Å². The standard InChI is InChI=1S/C25H29NO3S/c1-16(2)10-8-11-17(3)12-9-13-18-22(27)24(29-5)23(28-4)21-25(18)30-20-15-7-6-14-19(20)26-21/h6-7,10,12,14-15H,8-9,11,13H2,1-5H3/b17-12+. The van der Waals surface area contributed by atoms with Gasteiger partial charge < -0.3 is 9.47 Å². The van der Waals surface area contributed by atoms with E-state index in [4.69, 9.17) is 14.5 Å². The highest BCUT2D eigenvalue weighted by Gasteiger charge is 2.26. The molecule has 0 saturated carbocycles. The maximum Gasteiger partial charge on any atom is 0.229 e. The SMILES string of the molecule is COc1c2nc3ccccc3sc-2c(CC/C=C(\C)CCC=C(C)C)c(=O)c1OC. The second-order valence-electron chi connectivity index (χ2n) is 7.64. The minimum absolute atomic E-state index is 0.106. The number of fused-ring (bicyclic) bond motifs is 2. The summed E-state index contributed by atoms with van der Waals surface area (Å²) in [6.07, 6.45) is 8.03. The Morgan fingerprint density at radius 2 is 1.77 bits per heavy atom. The summed E-state index contributed by atoms with van der Waals surface area (Å²) < 4.78 is 12.0. The first-order chi connectivity index (χ1) is 14.5. The molecule has 1 aromatic carbocycles. The predicted octanol–water partition coefficient (Wildman–Crippen LogP) is 6.40. The van der Waals surface area contributed by atoms with E-state index in [1.807, 2.05) is 24.3 Å². The van der Waals surface area contributed by atoms with E-state index >= 15 is 0 Å². The van der Waals surface area contributed by atoms with E-state index < -0.39 is 0 Å². The number of aromatic nitrogens is 1. The van der Waals surface area contributed by atoms with Crippen molar-refractivity contribution in [3.05, 3.63) is 63.4 Å². The molecule has 158 valence electrons. The average Bonchev–Trinajstić information content (AvgIpc) is 2.73. The Bertz CT molecular complexity index is 1120. The largest absolute Gasteiger partial charge is 0.491 e. The summed E-state index contributed by atoms with van der Waals surface area (Å²) in [5.41, 5.74) is 4.91. The minimum Gasteiger partial charge on any atom is -0.491 e. The molecule has 4 nitrogen and oxygen atoms in total. The van der Waals surface area contributed by atoms with Crippen LogP contribution in [-0.2, 0) is 6.42 Å². The molecule has 5 heteroatoms. The summed E-state index contributed by atoms with van der Waals surface area (Å²) >= 11 is 1.59. The Morgan fingerprint density at radius 3 is 2.47 bits per heavy atom. The van der Waals surface area contributed by atoms with Crippen molar-refractivity contribution in [2.75, 3.05) is 14.2 Å². The lowest BCUT2D eigenvalue weighted by molar-refractivity contribution is 0.352. The van der Waals surface area contributed by atoms with Crippen LogP contribution in [0, 0.1) is 0 Å². The zero-order valence-corrected chi connectivity index (χ0v) is 19.2. The molecule has 30 heavy (non-hydrogen) atoms. The van der Waals surface area contributed by atoms with Crippen molar-refractivity contribution in [3.8, 4) is 22.1 Å². The first-order valence-corrected chi connectivity index (χ1v) is 11.0. The molecule has 0 radical (unpaired) electrons. The molecular formula is C25H29NO3S. The third-order valence-corrected chi connectivity index (χ3v) is 6.30. The average molecular weight is 424 g/mol. The fraction of sp³-hybridized carbons (Fsp3) is 0.360. The van der Waals surface area contributed by atoms with Crippen LogP contribution in [0.15, 0.2) is 52.4 Å². The van der Waals surface area contributed by atoms with Gasteiger partial charge in [0.25, 0.3) is 0 Å². The lowest BCUT2D eigenvalue weighted by Crippen LogP contribution is -2.16. The highest BCUT2D eigenvalue weighted by Crippen LogP contribution is 2.42. The van der Waals surface area contributed by atoms with Gasteiger partial charge in [-0.3, -0.25) is 4.79 Å². The molecule has 0 aromatic heterocycles. The van der Waals surface area contributed by atoms with Gasteiger partial charge in [0.15, 0.2) is 5.75 Å². The summed E-state index contributed by atoms with van der Waals surface area (Å²) in [5, 5.41) is 0. The second-order valence-corrected chi connectivity index (χ2v) is 8.69. The van der Waals surface area contributed by atoms with Gasteiger partial charge >= 0.3 is 0 Å². The summed E-state index contributed by atoms with van der Waals surface area (Å²) in [7, 11) is 3.06. The van der Waals surface area contributed by atoms with Gasteiger partial charge in [0.1, 0.15) is 5.69 Å². The van der Waals surface area contributed by atoms with Gasteiger partial charge in [-0.25, -0.2) is 4.98 Å². The first kappa shape index (κ1) is 22.0. The van der Waals surface area contributed by atoms with Crippen molar-refractivity contribution in [2.24, 2.45) is 0 Å². The van der Waals surface area contributed by atoms with Crippen molar-refractivity contribution in [3.63, 3.8) is 0 Å². The zero-order chi connectivity index (χ0) is 21.7. The molecule has 0 fully saturated rings. The molecule has 3 rings (SSSR count). The second kappa shape index (κ2) is 9.90. The van der Waals surface area contributed by atoms with Crippen LogP contribution in [-0.4, -0.2) is 19.2 Å². The topological polar surface area (TPSA) is 48.4 Å². The summed E-state index contributed by atoms with van der Waals surface area (Å²) in [6.45, 7) is 6.40. The Hall–Kier alpha value is -2.66. The Kier molecular flexibility index (Phi) is 7.27. The molecule has 0 bridgehead atoms. The van der Waals surface area contributed by atoms with Crippen LogP contribution in [0.2, 0.25) is 0 Å². The van der Waals surface area contributed by atoms with Crippen LogP contribution in [0.25, 0.3) is 20.8 Å². The van der Waals surface area contributed by atoms with Crippen molar-refractivity contribution >= 4 is 21.6 Å². The molecule has 0 N–H and O–H groups in total. The van der Waals surface area contributed by atoms with Gasteiger partial charge in [-0.15, -0.1) is 11.3 Å². The Balaban J connectivity index is 2.01. The van der Waals surface area contributed by atoms with Crippen molar-refractivity contribution < 1.29 is 9.47 Å². The van der Waals surface area contributed by atoms with Gasteiger partial charge in [-0.05, 0) is 58.6 Å².